The lowest BCUT2D eigenvalue weighted by atomic mass is 9.70. The van der Waals surface area contributed by atoms with Gasteiger partial charge in [0.1, 0.15) is 0 Å². The zero-order chi connectivity index (χ0) is 14.4. The Morgan fingerprint density at radius 2 is 1.85 bits per heavy atom. The molecule has 0 amide bonds. The molecule has 2 nitrogen and oxygen atoms in total. The van der Waals surface area contributed by atoms with Crippen molar-refractivity contribution in [1.29, 1.82) is 0 Å². The van der Waals surface area contributed by atoms with Gasteiger partial charge in [-0.2, -0.15) is 0 Å². The Morgan fingerprint density at radius 3 is 2.40 bits per heavy atom. The normalized spacial score (nSPS) is 31.5. The molecule has 20 heavy (non-hydrogen) atoms. The molecular weight excluding hydrogens is 244 g/mol. The smallest absolute Gasteiger partial charge is 0.00472 e. The van der Waals surface area contributed by atoms with Crippen LogP contribution in [0.3, 0.4) is 0 Å². The van der Waals surface area contributed by atoms with E-state index >= 15 is 0 Å². The Morgan fingerprint density at radius 1 is 1.15 bits per heavy atom. The van der Waals surface area contributed by atoms with Crippen molar-refractivity contribution in [3.63, 3.8) is 0 Å². The summed E-state index contributed by atoms with van der Waals surface area (Å²) in [6.07, 6.45) is 11.4. The molecule has 0 spiro atoms. The molecule has 0 aromatic carbocycles. The molecule has 2 saturated carbocycles. The fraction of sp³-hybridized carbons (Fsp3) is 1.00. The van der Waals surface area contributed by atoms with Crippen molar-refractivity contribution in [3.05, 3.63) is 0 Å². The zero-order valence-electron chi connectivity index (χ0n) is 14.1. The van der Waals surface area contributed by atoms with E-state index in [1.54, 1.807) is 0 Å². The molecule has 0 aliphatic heterocycles. The van der Waals surface area contributed by atoms with Crippen molar-refractivity contribution in [2.75, 3.05) is 33.2 Å². The highest BCUT2D eigenvalue weighted by atomic mass is 15.1. The Bertz CT molecular complexity index is 265. The standard InChI is InChI=1S/C18H36N2/c1-4-12-19-14-18(10-8-16(2)9-11-18)15-20(3)13-17-6-5-7-17/h16-17,19H,4-15H2,1-3H3. The largest absolute Gasteiger partial charge is 0.316 e. The first-order valence-electron chi connectivity index (χ1n) is 9.03. The van der Waals surface area contributed by atoms with E-state index in [-0.39, 0.29) is 0 Å². The van der Waals surface area contributed by atoms with Gasteiger partial charge in [0.25, 0.3) is 0 Å². The average Bonchev–Trinajstić information content (AvgIpc) is 2.38. The van der Waals surface area contributed by atoms with Crippen LogP contribution >= 0.6 is 0 Å². The molecule has 2 aliphatic carbocycles. The van der Waals surface area contributed by atoms with Crippen molar-refractivity contribution in [2.24, 2.45) is 17.3 Å². The fourth-order valence-corrected chi connectivity index (χ4v) is 4.05. The van der Waals surface area contributed by atoms with Crippen LogP contribution in [-0.4, -0.2) is 38.1 Å². The van der Waals surface area contributed by atoms with Gasteiger partial charge in [-0.3, -0.25) is 0 Å². The Balaban J connectivity index is 1.83. The van der Waals surface area contributed by atoms with Crippen LogP contribution in [0.4, 0.5) is 0 Å². The molecule has 0 aromatic heterocycles. The second-order valence-corrected chi connectivity index (χ2v) is 7.85. The summed E-state index contributed by atoms with van der Waals surface area (Å²) < 4.78 is 0. The van der Waals surface area contributed by atoms with Gasteiger partial charge in [-0.1, -0.05) is 33.1 Å². The third-order valence-corrected chi connectivity index (χ3v) is 5.66. The number of nitrogens with zero attached hydrogens (tertiary/aromatic N) is 1. The third-order valence-electron chi connectivity index (χ3n) is 5.66. The molecular formula is C18H36N2. The van der Waals surface area contributed by atoms with E-state index in [0.717, 1.165) is 11.8 Å². The van der Waals surface area contributed by atoms with Crippen LogP contribution in [0, 0.1) is 17.3 Å². The lowest BCUT2D eigenvalue weighted by Crippen LogP contribution is -2.46. The van der Waals surface area contributed by atoms with Gasteiger partial charge in [-0.15, -0.1) is 0 Å². The summed E-state index contributed by atoms with van der Waals surface area (Å²) in [5, 5.41) is 3.72. The molecule has 0 atom stereocenters. The van der Waals surface area contributed by atoms with Crippen LogP contribution in [0.15, 0.2) is 0 Å². The van der Waals surface area contributed by atoms with Gasteiger partial charge < -0.3 is 10.2 Å². The number of hydrogen-bond acceptors (Lipinski definition) is 2. The maximum atomic E-state index is 3.72. The molecule has 2 fully saturated rings. The van der Waals surface area contributed by atoms with Gasteiger partial charge in [-0.25, -0.2) is 0 Å². The number of nitrogens with one attached hydrogen (secondary N) is 1. The predicted octanol–water partition coefficient (Wildman–Crippen LogP) is 3.91. The Hall–Kier alpha value is -0.0800. The van der Waals surface area contributed by atoms with Gasteiger partial charge >= 0.3 is 0 Å². The molecule has 2 rings (SSSR count). The van der Waals surface area contributed by atoms with Crippen molar-refractivity contribution in [2.45, 2.75) is 65.2 Å². The molecule has 0 heterocycles. The maximum absolute atomic E-state index is 3.72. The monoisotopic (exact) mass is 280 g/mol. The van der Waals surface area contributed by atoms with Crippen molar-refractivity contribution >= 4 is 0 Å². The maximum Gasteiger partial charge on any atom is 0.00472 e. The first-order valence-corrected chi connectivity index (χ1v) is 9.03. The molecule has 2 aliphatic rings. The second-order valence-electron chi connectivity index (χ2n) is 7.85. The quantitative estimate of drug-likeness (QED) is 0.678. The molecule has 0 saturated heterocycles. The average molecular weight is 280 g/mol. The van der Waals surface area contributed by atoms with E-state index in [0.29, 0.717) is 5.41 Å². The number of hydrogen-bond donors (Lipinski definition) is 1. The van der Waals surface area contributed by atoms with Crippen molar-refractivity contribution < 1.29 is 0 Å². The van der Waals surface area contributed by atoms with E-state index < -0.39 is 0 Å². The van der Waals surface area contributed by atoms with E-state index in [1.807, 2.05) is 0 Å². The first kappa shape index (κ1) is 16.3. The number of rotatable bonds is 8. The highest BCUT2D eigenvalue weighted by molar-refractivity contribution is 4.89. The lowest BCUT2D eigenvalue weighted by molar-refractivity contribution is 0.0826. The van der Waals surface area contributed by atoms with Crippen LogP contribution in [0.25, 0.3) is 0 Å². The summed E-state index contributed by atoms with van der Waals surface area (Å²) in [5.41, 5.74) is 0.556. The van der Waals surface area contributed by atoms with E-state index in [9.17, 15) is 0 Å². The first-order chi connectivity index (χ1) is 9.63. The molecule has 0 unspecified atom stereocenters. The van der Waals surface area contributed by atoms with Crippen LogP contribution < -0.4 is 5.32 Å². The van der Waals surface area contributed by atoms with E-state index in [1.165, 1.54) is 77.5 Å². The van der Waals surface area contributed by atoms with E-state index in [2.05, 4.69) is 31.1 Å². The topological polar surface area (TPSA) is 15.3 Å². The zero-order valence-corrected chi connectivity index (χ0v) is 14.1. The summed E-state index contributed by atoms with van der Waals surface area (Å²) in [5.74, 6) is 1.95. The fourth-order valence-electron chi connectivity index (χ4n) is 4.05. The summed E-state index contributed by atoms with van der Waals surface area (Å²) >= 11 is 0. The Kier molecular flexibility index (Phi) is 6.35. The molecule has 0 bridgehead atoms. The van der Waals surface area contributed by atoms with Gasteiger partial charge in [0.05, 0.1) is 0 Å². The van der Waals surface area contributed by atoms with Crippen LogP contribution in [0.5, 0.6) is 0 Å². The van der Waals surface area contributed by atoms with Gasteiger partial charge in [-0.05, 0) is 62.9 Å². The Labute approximate surface area is 126 Å². The summed E-state index contributed by atoms with van der Waals surface area (Å²) in [4.78, 5) is 2.65. The highest BCUT2D eigenvalue weighted by Gasteiger charge is 2.35. The summed E-state index contributed by atoms with van der Waals surface area (Å²) in [6, 6.07) is 0. The lowest BCUT2D eigenvalue weighted by Gasteiger charge is -2.43. The second kappa shape index (κ2) is 7.79. The van der Waals surface area contributed by atoms with Gasteiger partial charge in [0, 0.05) is 19.6 Å². The SMILES string of the molecule is CCCNCC1(CN(C)CC2CCC2)CCC(C)CC1. The summed E-state index contributed by atoms with van der Waals surface area (Å²) in [7, 11) is 2.36. The molecule has 2 heteroatoms. The molecule has 118 valence electrons. The summed E-state index contributed by atoms with van der Waals surface area (Å²) in [6.45, 7) is 9.77. The minimum Gasteiger partial charge on any atom is -0.316 e. The van der Waals surface area contributed by atoms with Gasteiger partial charge in [0.15, 0.2) is 0 Å². The van der Waals surface area contributed by atoms with Crippen LogP contribution in [0.1, 0.15) is 65.2 Å². The van der Waals surface area contributed by atoms with Crippen LogP contribution in [-0.2, 0) is 0 Å². The third kappa shape index (κ3) is 4.73. The van der Waals surface area contributed by atoms with Crippen molar-refractivity contribution in [1.82, 2.24) is 10.2 Å². The minimum absolute atomic E-state index is 0.556. The molecule has 0 radical (unpaired) electrons. The van der Waals surface area contributed by atoms with Crippen LogP contribution in [0.2, 0.25) is 0 Å². The highest BCUT2D eigenvalue weighted by Crippen LogP contribution is 2.39. The van der Waals surface area contributed by atoms with Crippen molar-refractivity contribution in [3.8, 4) is 0 Å². The van der Waals surface area contributed by atoms with E-state index in [4.69, 9.17) is 0 Å². The van der Waals surface area contributed by atoms with Gasteiger partial charge in [0.2, 0.25) is 0 Å². The molecule has 1 N–H and O–H groups in total. The minimum atomic E-state index is 0.556. The predicted molar refractivity (Wildman–Crippen MR) is 88.1 cm³/mol. The molecule has 0 aromatic rings.